The highest BCUT2D eigenvalue weighted by molar-refractivity contribution is 5.60. The summed E-state index contributed by atoms with van der Waals surface area (Å²) in [5.74, 6) is 0.806. The van der Waals surface area contributed by atoms with Crippen LogP contribution in [0, 0.1) is 5.92 Å². The Morgan fingerprint density at radius 2 is 2.15 bits per heavy atom. The zero-order chi connectivity index (χ0) is 13.9. The van der Waals surface area contributed by atoms with Crippen LogP contribution in [0.2, 0.25) is 0 Å². The van der Waals surface area contributed by atoms with Crippen molar-refractivity contribution in [2.75, 3.05) is 38.3 Å². The van der Waals surface area contributed by atoms with Crippen molar-refractivity contribution in [3.8, 4) is 0 Å². The van der Waals surface area contributed by atoms with E-state index < -0.39 is 0 Å². The van der Waals surface area contributed by atoms with Crippen LogP contribution in [0.5, 0.6) is 0 Å². The van der Waals surface area contributed by atoms with E-state index in [-0.39, 0.29) is 0 Å². The monoisotopic (exact) mass is 274 g/mol. The van der Waals surface area contributed by atoms with Gasteiger partial charge in [0.25, 0.3) is 0 Å². The second kappa shape index (κ2) is 6.15. The van der Waals surface area contributed by atoms with Crippen LogP contribution in [0.3, 0.4) is 0 Å². The summed E-state index contributed by atoms with van der Waals surface area (Å²) in [5.41, 5.74) is 4.38. The summed E-state index contributed by atoms with van der Waals surface area (Å²) in [7, 11) is 2.03. The third kappa shape index (κ3) is 2.84. The van der Waals surface area contributed by atoms with E-state index in [1.807, 2.05) is 7.05 Å². The van der Waals surface area contributed by atoms with Gasteiger partial charge in [0.1, 0.15) is 0 Å². The van der Waals surface area contributed by atoms with Crippen LogP contribution in [-0.4, -0.2) is 33.4 Å². The standard InChI is InChI=1S/C17H26N2O/c1-13(18-2)16-4-3-15-5-8-19(17(15)11-16)12-14-6-9-20-10-7-14/h3-4,11,13-14,18H,5-10,12H2,1-2H3. The summed E-state index contributed by atoms with van der Waals surface area (Å²) in [5, 5.41) is 3.33. The first kappa shape index (κ1) is 13.9. The lowest BCUT2D eigenvalue weighted by molar-refractivity contribution is 0.0683. The first-order valence-electron chi connectivity index (χ1n) is 7.90. The molecule has 3 heteroatoms. The molecule has 0 saturated carbocycles. The molecule has 0 bridgehead atoms. The SMILES string of the molecule is CNC(C)c1ccc2c(c1)N(CC1CCOCC1)CC2. The molecule has 3 rings (SSSR count). The fraction of sp³-hybridized carbons (Fsp3) is 0.647. The van der Waals surface area contributed by atoms with E-state index in [9.17, 15) is 0 Å². The molecule has 1 atom stereocenters. The average molecular weight is 274 g/mol. The first-order chi connectivity index (χ1) is 9.78. The highest BCUT2D eigenvalue weighted by Crippen LogP contribution is 2.32. The highest BCUT2D eigenvalue weighted by atomic mass is 16.5. The van der Waals surface area contributed by atoms with Gasteiger partial charge in [0.15, 0.2) is 0 Å². The molecule has 3 nitrogen and oxygen atoms in total. The lowest BCUT2D eigenvalue weighted by Gasteiger charge is -2.29. The zero-order valence-electron chi connectivity index (χ0n) is 12.7. The Kier molecular flexibility index (Phi) is 4.27. The number of rotatable bonds is 4. The predicted octanol–water partition coefficient (Wildman–Crippen LogP) is 2.76. The van der Waals surface area contributed by atoms with Gasteiger partial charge in [-0.25, -0.2) is 0 Å². The van der Waals surface area contributed by atoms with Gasteiger partial charge in [0.2, 0.25) is 0 Å². The van der Waals surface area contributed by atoms with Crippen LogP contribution < -0.4 is 10.2 Å². The van der Waals surface area contributed by atoms with Crippen molar-refractivity contribution in [2.24, 2.45) is 5.92 Å². The Labute approximate surface area is 122 Å². The third-order valence-electron chi connectivity index (χ3n) is 4.85. The molecular formula is C17H26N2O. The quantitative estimate of drug-likeness (QED) is 0.913. The second-order valence-electron chi connectivity index (χ2n) is 6.15. The maximum Gasteiger partial charge on any atom is 0.0469 e. The number of benzene rings is 1. The summed E-state index contributed by atoms with van der Waals surface area (Å²) in [4.78, 5) is 2.59. The minimum atomic E-state index is 0.422. The van der Waals surface area contributed by atoms with Crippen molar-refractivity contribution < 1.29 is 4.74 Å². The van der Waals surface area contributed by atoms with Gasteiger partial charge in [0.05, 0.1) is 0 Å². The van der Waals surface area contributed by atoms with Gasteiger partial charge >= 0.3 is 0 Å². The van der Waals surface area contributed by atoms with Crippen molar-refractivity contribution in [1.29, 1.82) is 0 Å². The average Bonchev–Trinajstić information content (AvgIpc) is 2.90. The van der Waals surface area contributed by atoms with E-state index in [1.165, 1.54) is 49.2 Å². The molecule has 0 aliphatic carbocycles. The van der Waals surface area contributed by atoms with Crippen LogP contribution in [0.25, 0.3) is 0 Å². The molecule has 0 radical (unpaired) electrons. The smallest absolute Gasteiger partial charge is 0.0469 e. The zero-order valence-corrected chi connectivity index (χ0v) is 12.7. The summed E-state index contributed by atoms with van der Waals surface area (Å²) >= 11 is 0. The van der Waals surface area contributed by atoms with Gasteiger partial charge in [-0.3, -0.25) is 0 Å². The molecule has 0 aromatic heterocycles. The van der Waals surface area contributed by atoms with E-state index in [2.05, 4.69) is 35.3 Å². The molecule has 20 heavy (non-hydrogen) atoms. The van der Waals surface area contributed by atoms with E-state index >= 15 is 0 Å². The molecule has 110 valence electrons. The van der Waals surface area contributed by atoms with Crippen molar-refractivity contribution in [1.82, 2.24) is 5.32 Å². The molecule has 1 N–H and O–H groups in total. The summed E-state index contributed by atoms with van der Waals surface area (Å²) in [6, 6.07) is 7.41. The fourth-order valence-corrected chi connectivity index (χ4v) is 3.33. The lowest BCUT2D eigenvalue weighted by Crippen LogP contribution is -2.31. The molecule has 0 amide bonds. The minimum Gasteiger partial charge on any atom is -0.381 e. The molecule has 1 saturated heterocycles. The number of nitrogens with one attached hydrogen (secondary N) is 1. The molecule has 1 aromatic rings. The van der Waals surface area contributed by atoms with Gasteiger partial charge < -0.3 is 15.0 Å². The Morgan fingerprint density at radius 1 is 1.35 bits per heavy atom. The lowest BCUT2D eigenvalue weighted by atomic mass is 9.99. The Bertz CT molecular complexity index is 454. The fourth-order valence-electron chi connectivity index (χ4n) is 3.33. The summed E-state index contributed by atoms with van der Waals surface area (Å²) < 4.78 is 5.47. The molecule has 1 aromatic carbocycles. The van der Waals surface area contributed by atoms with E-state index in [1.54, 1.807) is 0 Å². The molecule has 2 aliphatic heterocycles. The van der Waals surface area contributed by atoms with Gasteiger partial charge in [-0.1, -0.05) is 12.1 Å². The predicted molar refractivity (Wildman–Crippen MR) is 83.4 cm³/mol. The maximum atomic E-state index is 5.47. The minimum absolute atomic E-state index is 0.422. The number of ether oxygens (including phenoxy) is 1. The maximum absolute atomic E-state index is 5.47. The normalized spacial score (nSPS) is 21.0. The van der Waals surface area contributed by atoms with Gasteiger partial charge in [0, 0.05) is 38.0 Å². The summed E-state index contributed by atoms with van der Waals surface area (Å²) in [6.07, 6.45) is 3.64. The third-order valence-corrected chi connectivity index (χ3v) is 4.85. The van der Waals surface area contributed by atoms with E-state index in [0.29, 0.717) is 6.04 Å². The summed E-state index contributed by atoms with van der Waals surface area (Å²) in [6.45, 7) is 6.50. The Morgan fingerprint density at radius 3 is 2.90 bits per heavy atom. The van der Waals surface area contributed by atoms with Gasteiger partial charge in [-0.15, -0.1) is 0 Å². The second-order valence-corrected chi connectivity index (χ2v) is 6.15. The molecule has 1 unspecified atom stereocenters. The largest absolute Gasteiger partial charge is 0.381 e. The topological polar surface area (TPSA) is 24.5 Å². The van der Waals surface area contributed by atoms with E-state index in [0.717, 1.165) is 19.1 Å². The number of hydrogen-bond donors (Lipinski definition) is 1. The van der Waals surface area contributed by atoms with Crippen molar-refractivity contribution in [2.45, 2.75) is 32.2 Å². The van der Waals surface area contributed by atoms with Crippen molar-refractivity contribution in [3.63, 3.8) is 0 Å². The molecule has 0 spiro atoms. The molecule has 1 fully saturated rings. The van der Waals surface area contributed by atoms with Crippen molar-refractivity contribution >= 4 is 5.69 Å². The molecule has 2 aliphatic rings. The Balaban J connectivity index is 1.74. The number of nitrogens with zero attached hydrogens (tertiary/aromatic N) is 1. The van der Waals surface area contributed by atoms with Crippen LogP contribution in [0.1, 0.15) is 36.9 Å². The van der Waals surface area contributed by atoms with Crippen LogP contribution >= 0.6 is 0 Å². The number of fused-ring (bicyclic) bond motifs is 1. The van der Waals surface area contributed by atoms with Gasteiger partial charge in [-0.05, 0) is 56.3 Å². The first-order valence-corrected chi connectivity index (χ1v) is 7.90. The van der Waals surface area contributed by atoms with Crippen LogP contribution in [0.4, 0.5) is 5.69 Å². The highest BCUT2D eigenvalue weighted by Gasteiger charge is 2.24. The van der Waals surface area contributed by atoms with Crippen molar-refractivity contribution in [3.05, 3.63) is 29.3 Å². The molecule has 2 heterocycles. The Hall–Kier alpha value is -1.06. The van der Waals surface area contributed by atoms with Crippen LogP contribution in [-0.2, 0) is 11.2 Å². The van der Waals surface area contributed by atoms with Crippen LogP contribution in [0.15, 0.2) is 18.2 Å². The molecular weight excluding hydrogens is 248 g/mol. The number of anilines is 1. The van der Waals surface area contributed by atoms with E-state index in [4.69, 9.17) is 4.74 Å². The number of hydrogen-bond acceptors (Lipinski definition) is 3. The van der Waals surface area contributed by atoms with Gasteiger partial charge in [-0.2, -0.15) is 0 Å².